The Morgan fingerprint density at radius 2 is 2.20 bits per heavy atom. The Morgan fingerprint density at radius 3 is 3.04 bits per heavy atom. The van der Waals surface area contributed by atoms with Crippen LogP contribution in [0.2, 0.25) is 0 Å². The third-order valence-electron chi connectivity index (χ3n) is 5.04. The number of nitrogens with one attached hydrogen (secondary N) is 2. The van der Waals surface area contributed by atoms with E-state index in [-0.39, 0.29) is 0 Å². The summed E-state index contributed by atoms with van der Waals surface area (Å²) in [5, 5.41) is 12.6. The number of fused-ring (bicyclic) bond motifs is 2. The molecule has 1 aliphatic carbocycles. The van der Waals surface area contributed by atoms with E-state index in [1.54, 1.807) is 4.68 Å². The van der Waals surface area contributed by atoms with Gasteiger partial charge < -0.3 is 10.3 Å². The molecule has 2 N–H and O–H groups in total. The van der Waals surface area contributed by atoms with Gasteiger partial charge >= 0.3 is 0 Å². The van der Waals surface area contributed by atoms with Crippen molar-refractivity contribution < 1.29 is 0 Å². The Labute approximate surface area is 144 Å². The first-order valence-corrected chi connectivity index (χ1v) is 8.59. The fourth-order valence-corrected chi connectivity index (χ4v) is 3.33. The molecule has 126 valence electrons. The van der Waals surface area contributed by atoms with Gasteiger partial charge in [0.1, 0.15) is 11.2 Å². The van der Waals surface area contributed by atoms with Crippen molar-refractivity contribution in [1.29, 1.82) is 0 Å². The SMILES string of the molecule is CC(Nc1ncc2c(-c3ccc4nnn(C)c4c3)c[nH]c2n1)C1CC1. The lowest BCUT2D eigenvalue weighted by atomic mass is 10.1. The third kappa shape index (κ3) is 2.43. The summed E-state index contributed by atoms with van der Waals surface area (Å²) in [6, 6.07) is 6.57. The summed E-state index contributed by atoms with van der Waals surface area (Å²) < 4.78 is 1.78. The zero-order valence-electron chi connectivity index (χ0n) is 14.2. The highest BCUT2D eigenvalue weighted by molar-refractivity contribution is 5.95. The zero-order valence-corrected chi connectivity index (χ0v) is 14.2. The first-order chi connectivity index (χ1) is 12.2. The molecule has 0 spiro atoms. The van der Waals surface area contributed by atoms with E-state index in [0.717, 1.165) is 39.1 Å². The second-order valence-electron chi connectivity index (χ2n) is 6.85. The predicted molar refractivity (Wildman–Crippen MR) is 97.2 cm³/mol. The summed E-state index contributed by atoms with van der Waals surface area (Å²) in [5.74, 6) is 1.45. The van der Waals surface area contributed by atoms with E-state index in [0.29, 0.717) is 12.0 Å². The van der Waals surface area contributed by atoms with Crippen LogP contribution in [-0.4, -0.2) is 36.0 Å². The molecule has 1 aliphatic rings. The van der Waals surface area contributed by atoms with Crippen LogP contribution in [0.3, 0.4) is 0 Å². The van der Waals surface area contributed by atoms with E-state index in [2.05, 4.69) is 49.6 Å². The molecule has 0 saturated heterocycles. The van der Waals surface area contributed by atoms with E-state index in [9.17, 15) is 0 Å². The van der Waals surface area contributed by atoms with E-state index >= 15 is 0 Å². The minimum Gasteiger partial charge on any atom is -0.351 e. The monoisotopic (exact) mass is 333 g/mol. The number of benzene rings is 1. The molecule has 7 nitrogen and oxygen atoms in total. The minimum absolute atomic E-state index is 0.423. The van der Waals surface area contributed by atoms with Crippen molar-refractivity contribution in [3.63, 3.8) is 0 Å². The molecule has 4 aromatic rings. The zero-order chi connectivity index (χ0) is 17.0. The Kier molecular flexibility index (Phi) is 3.03. The molecule has 0 aliphatic heterocycles. The van der Waals surface area contributed by atoms with E-state index in [4.69, 9.17) is 0 Å². The van der Waals surface area contributed by atoms with Gasteiger partial charge in [0.25, 0.3) is 0 Å². The number of hydrogen-bond acceptors (Lipinski definition) is 5. The maximum Gasteiger partial charge on any atom is 0.224 e. The van der Waals surface area contributed by atoms with Crippen LogP contribution in [0, 0.1) is 5.92 Å². The van der Waals surface area contributed by atoms with Gasteiger partial charge in [0.2, 0.25) is 5.95 Å². The molecule has 1 fully saturated rings. The normalized spacial score (nSPS) is 15.8. The molecular formula is C18H19N7. The lowest BCUT2D eigenvalue weighted by Gasteiger charge is -2.12. The average molecular weight is 333 g/mol. The van der Waals surface area contributed by atoms with Crippen molar-refractivity contribution in [1.82, 2.24) is 29.9 Å². The van der Waals surface area contributed by atoms with Gasteiger partial charge in [-0.05, 0) is 43.4 Å². The van der Waals surface area contributed by atoms with Crippen LogP contribution < -0.4 is 5.32 Å². The average Bonchev–Trinajstić information content (AvgIpc) is 3.30. The van der Waals surface area contributed by atoms with Crippen molar-refractivity contribution in [2.45, 2.75) is 25.8 Å². The number of nitrogens with zero attached hydrogens (tertiary/aromatic N) is 5. The summed E-state index contributed by atoms with van der Waals surface area (Å²) in [5.41, 5.74) is 4.92. The molecule has 3 aromatic heterocycles. The van der Waals surface area contributed by atoms with E-state index in [1.807, 2.05) is 25.5 Å². The van der Waals surface area contributed by atoms with Crippen LogP contribution in [0.4, 0.5) is 5.95 Å². The first-order valence-electron chi connectivity index (χ1n) is 8.59. The number of anilines is 1. The number of hydrogen-bond donors (Lipinski definition) is 2. The summed E-state index contributed by atoms with van der Waals surface area (Å²) in [7, 11) is 1.90. The quantitative estimate of drug-likeness (QED) is 0.599. The molecule has 0 amide bonds. The minimum atomic E-state index is 0.423. The fraction of sp³-hybridized carbons (Fsp3) is 0.333. The molecule has 0 bridgehead atoms. The first kappa shape index (κ1) is 14.4. The van der Waals surface area contributed by atoms with Gasteiger partial charge in [0, 0.05) is 36.4 Å². The smallest absolute Gasteiger partial charge is 0.224 e. The van der Waals surface area contributed by atoms with Crippen molar-refractivity contribution in [2.24, 2.45) is 13.0 Å². The van der Waals surface area contributed by atoms with Crippen molar-refractivity contribution in [3.8, 4) is 11.1 Å². The van der Waals surface area contributed by atoms with Gasteiger partial charge in [-0.15, -0.1) is 5.10 Å². The third-order valence-corrected chi connectivity index (χ3v) is 5.04. The number of aromatic nitrogens is 6. The molecule has 1 saturated carbocycles. The van der Waals surface area contributed by atoms with Crippen LogP contribution in [0.1, 0.15) is 19.8 Å². The maximum absolute atomic E-state index is 4.63. The number of aryl methyl sites for hydroxylation is 1. The molecule has 7 heteroatoms. The number of aromatic amines is 1. The molecule has 3 heterocycles. The number of H-pyrrole nitrogens is 1. The summed E-state index contributed by atoms with van der Waals surface area (Å²) in [6.07, 6.45) is 6.48. The van der Waals surface area contributed by atoms with Gasteiger partial charge in [-0.2, -0.15) is 4.98 Å². The van der Waals surface area contributed by atoms with E-state index < -0.39 is 0 Å². The van der Waals surface area contributed by atoms with Crippen LogP contribution >= 0.6 is 0 Å². The number of rotatable bonds is 4. The second kappa shape index (κ2) is 5.27. The molecule has 1 unspecified atom stereocenters. The topological polar surface area (TPSA) is 84.3 Å². The van der Waals surface area contributed by atoms with Crippen molar-refractivity contribution in [3.05, 3.63) is 30.6 Å². The highest BCUT2D eigenvalue weighted by Gasteiger charge is 2.28. The lowest BCUT2D eigenvalue weighted by Crippen LogP contribution is -2.18. The van der Waals surface area contributed by atoms with Crippen LogP contribution in [-0.2, 0) is 7.05 Å². The van der Waals surface area contributed by atoms with Crippen molar-refractivity contribution >= 4 is 28.0 Å². The maximum atomic E-state index is 4.63. The highest BCUT2D eigenvalue weighted by Crippen LogP contribution is 2.34. The Balaban J connectivity index is 1.53. The Morgan fingerprint density at radius 1 is 1.32 bits per heavy atom. The van der Waals surface area contributed by atoms with Gasteiger partial charge in [-0.25, -0.2) is 9.67 Å². The molecule has 5 rings (SSSR count). The molecule has 1 atom stereocenters. The van der Waals surface area contributed by atoms with Gasteiger partial charge in [0.05, 0.1) is 5.52 Å². The van der Waals surface area contributed by atoms with Gasteiger partial charge in [-0.3, -0.25) is 0 Å². The largest absolute Gasteiger partial charge is 0.351 e. The molecular weight excluding hydrogens is 314 g/mol. The van der Waals surface area contributed by atoms with Gasteiger partial charge in [-0.1, -0.05) is 11.3 Å². The predicted octanol–water partition coefficient (Wildman–Crippen LogP) is 3.12. The highest BCUT2D eigenvalue weighted by atomic mass is 15.4. The van der Waals surface area contributed by atoms with Crippen LogP contribution in [0.15, 0.2) is 30.6 Å². The Bertz CT molecular complexity index is 1070. The van der Waals surface area contributed by atoms with Crippen LogP contribution in [0.5, 0.6) is 0 Å². The molecule has 1 aromatic carbocycles. The van der Waals surface area contributed by atoms with Gasteiger partial charge in [0.15, 0.2) is 0 Å². The standard InChI is InChI=1S/C18H19N7/c1-10(11-3-4-11)21-18-20-9-14-13(8-19-17(14)22-18)12-5-6-15-16(7-12)25(2)24-23-15/h5-11H,3-4H2,1-2H3,(H2,19,20,21,22). The van der Waals surface area contributed by atoms with E-state index in [1.165, 1.54) is 12.8 Å². The summed E-state index contributed by atoms with van der Waals surface area (Å²) >= 11 is 0. The lowest BCUT2D eigenvalue weighted by molar-refractivity contribution is 0.687. The van der Waals surface area contributed by atoms with Crippen LogP contribution in [0.25, 0.3) is 33.2 Å². The van der Waals surface area contributed by atoms with Crippen molar-refractivity contribution in [2.75, 3.05) is 5.32 Å². The second-order valence-corrected chi connectivity index (χ2v) is 6.85. The summed E-state index contributed by atoms with van der Waals surface area (Å²) in [6.45, 7) is 2.20. The fourth-order valence-electron chi connectivity index (χ4n) is 3.33. The Hall–Kier alpha value is -2.96. The summed E-state index contributed by atoms with van der Waals surface area (Å²) in [4.78, 5) is 12.4. The molecule has 25 heavy (non-hydrogen) atoms. The molecule has 0 radical (unpaired) electrons.